The lowest BCUT2D eigenvalue weighted by atomic mass is 10.3. The average Bonchev–Trinajstić information content (AvgIpc) is 3.04. The highest BCUT2D eigenvalue weighted by Gasteiger charge is 2.09. The van der Waals surface area contributed by atoms with Crippen LogP contribution < -0.4 is 10.4 Å². The zero-order chi connectivity index (χ0) is 20.8. The Morgan fingerprint density at radius 2 is 1.61 bits per heavy atom. The van der Waals surface area contributed by atoms with Gasteiger partial charge in [0.25, 0.3) is 11.4 Å². The van der Waals surface area contributed by atoms with Gasteiger partial charge in [0, 0.05) is 45.0 Å². The summed E-state index contributed by atoms with van der Waals surface area (Å²) in [5, 5.41) is 21.1. The maximum absolute atomic E-state index is 10.6. The monoisotopic (exact) mass is 567 g/mol. The number of halogens is 3. The number of hydrogen-bond donors (Lipinski definition) is 1. The van der Waals surface area contributed by atoms with Crippen LogP contribution in [0.15, 0.2) is 50.3 Å². The van der Waals surface area contributed by atoms with Crippen molar-refractivity contribution >= 4 is 87.1 Å². The van der Waals surface area contributed by atoms with Crippen molar-refractivity contribution in [3.05, 3.63) is 75.4 Å². The predicted molar refractivity (Wildman–Crippen MR) is 116 cm³/mol. The molecule has 0 fully saturated rings. The first kappa shape index (κ1) is 22.4. The Morgan fingerprint density at radius 3 is 2.07 bits per heavy atom. The molecule has 2 N–H and O–H groups in total. The van der Waals surface area contributed by atoms with Crippen LogP contribution in [0.4, 0.5) is 22.7 Å². The number of hydrogen-bond acceptors (Lipinski definition) is 9. The molecule has 0 aliphatic rings. The fourth-order valence-electron chi connectivity index (χ4n) is 1.66. The van der Waals surface area contributed by atoms with Crippen molar-refractivity contribution in [3.8, 4) is 0 Å². The van der Waals surface area contributed by atoms with E-state index >= 15 is 0 Å². The van der Waals surface area contributed by atoms with Gasteiger partial charge in [-0.15, -0.1) is 0 Å². The van der Waals surface area contributed by atoms with Crippen molar-refractivity contribution in [2.45, 2.75) is 0 Å². The van der Waals surface area contributed by atoms with E-state index in [0.29, 0.717) is 30.1 Å². The second-order valence-electron chi connectivity index (χ2n) is 4.81. The molecule has 0 atom stereocenters. The number of anilines is 1. The summed E-state index contributed by atoms with van der Waals surface area (Å²) in [4.78, 5) is 24.1. The normalized spacial score (nSPS) is 10.9. The molecule has 28 heavy (non-hydrogen) atoms. The van der Waals surface area contributed by atoms with Crippen molar-refractivity contribution in [2.24, 2.45) is 4.99 Å². The van der Waals surface area contributed by atoms with Crippen LogP contribution in [-0.2, 0) is 0 Å². The number of benzene rings is 2. The lowest BCUT2D eigenvalue weighted by Crippen LogP contribution is -1.93. The van der Waals surface area contributed by atoms with Crippen LogP contribution >= 0.6 is 64.3 Å². The minimum absolute atomic E-state index is 0.00837. The van der Waals surface area contributed by atoms with Crippen LogP contribution in [0.2, 0.25) is 5.15 Å². The highest BCUT2D eigenvalue weighted by atomic mass is 79.9. The summed E-state index contributed by atoms with van der Waals surface area (Å²) < 4.78 is 5.58. The van der Waals surface area contributed by atoms with Gasteiger partial charge in [0.05, 0.1) is 20.0 Å². The Bertz CT molecular complexity index is 1110. The minimum atomic E-state index is -0.468. The molecule has 0 aliphatic carbocycles. The summed E-state index contributed by atoms with van der Waals surface area (Å²) in [5.41, 5.74) is 6.53. The van der Waals surface area contributed by atoms with E-state index in [1.807, 2.05) is 0 Å². The van der Waals surface area contributed by atoms with E-state index in [1.54, 1.807) is 6.07 Å². The van der Waals surface area contributed by atoms with Crippen molar-refractivity contribution in [1.29, 1.82) is 0 Å². The largest absolute Gasteiger partial charge is 0.398 e. The molecule has 1 aromatic heterocycles. The van der Waals surface area contributed by atoms with Crippen LogP contribution in [0.3, 0.4) is 0 Å². The topological polar surface area (TPSA) is 138 Å². The second kappa shape index (κ2) is 10.0. The molecule has 14 heteroatoms. The Labute approximate surface area is 186 Å². The van der Waals surface area contributed by atoms with Crippen molar-refractivity contribution in [1.82, 2.24) is 4.37 Å². The zero-order valence-electron chi connectivity index (χ0n) is 13.4. The number of rotatable bonds is 3. The van der Waals surface area contributed by atoms with Gasteiger partial charge in [-0.25, -0.2) is 4.99 Å². The third-order valence-electron chi connectivity index (χ3n) is 2.97. The van der Waals surface area contributed by atoms with Crippen LogP contribution in [0, 0.1) is 20.2 Å². The molecule has 0 bridgehead atoms. The number of nitro groups is 2. The van der Waals surface area contributed by atoms with Crippen LogP contribution in [0.5, 0.6) is 0 Å². The highest BCUT2D eigenvalue weighted by Crippen LogP contribution is 2.29. The maximum atomic E-state index is 10.6. The zero-order valence-corrected chi connectivity index (χ0v) is 19.0. The quantitative estimate of drug-likeness (QED) is 0.186. The summed E-state index contributed by atoms with van der Waals surface area (Å²) >= 11 is 12.1. The molecule has 146 valence electrons. The van der Waals surface area contributed by atoms with E-state index in [-0.39, 0.29) is 11.4 Å². The van der Waals surface area contributed by atoms with E-state index in [2.05, 4.69) is 41.2 Å². The molecule has 0 radical (unpaired) electrons. The van der Waals surface area contributed by atoms with E-state index in [9.17, 15) is 20.2 Å². The summed E-state index contributed by atoms with van der Waals surface area (Å²) in [7, 11) is 2.58. The van der Waals surface area contributed by atoms with Crippen LogP contribution in [0.1, 0.15) is 0 Å². The number of non-ortho nitro benzene ring substituents is 2. The molecule has 3 rings (SSSR count). The maximum Gasteiger partial charge on any atom is 0.270 e. The van der Waals surface area contributed by atoms with E-state index < -0.39 is 9.85 Å². The fourth-order valence-corrected chi connectivity index (χ4v) is 4.47. The predicted octanol–water partition coefficient (Wildman–Crippen LogP) is 5.70. The number of nitrogen functional groups attached to an aromatic ring is 1. The van der Waals surface area contributed by atoms with Gasteiger partial charge in [-0.2, -0.15) is 4.37 Å². The van der Waals surface area contributed by atoms with Crippen molar-refractivity contribution in [2.75, 3.05) is 5.73 Å². The number of nitro benzene ring substituents is 2. The first-order chi connectivity index (χ1) is 13.2. The first-order valence-electron chi connectivity index (χ1n) is 6.98. The average molecular weight is 570 g/mol. The fraction of sp³-hybridized carbons (Fsp3) is 0. The second-order valence-corrected chi connectivity index (χ2v) is 8.71. The molecule has 0 saturated heterocycles. The molecule has 0 amide bonds. The third-order valence-corrected chi connectivity index (χ3v) is 6.46. The summed E-state index contributed by atoms with van der Waals surface area (Å²) in [6.07, 6.45) is 0. The molecule has 9 nitrogen and oxygen atoms in total. The van der Waals surface area contributed by atoms with E-state index in [0.717, 1.165) is 0 Å². The molecular weight excluding hydrogens is 562 g/mol. The Kier molecular flexibility index (Phi) is 8.00. The molecule has 3 aromatic rings. The summed E-state index contributed by atoms with van der Waals surface area (Å²) in [6, 6.07) is 8.57. The Hall–Kier alpha value is -1.93. The number of nitrogens with two attached hydrogens (primary N) is 1. The SMILES string of the molecule is Nc1ccc([N+](=O)[O-])cc1Br.O=[N+]([O-])c1ccc(N=c2ssnc2Cl)c(Br)c1. The van der Waals surface area contributed by atoms with Gasteiger partial charge in [0.2, 0.25) is 0 Å². The Balaban J connectivity index is 0.000000221. The molecule has 2 aromatic carbocycles. The van der Waals surface area contributed by atoms with Gasteiger partial charge in [-0.1, -0.05) is 11.6 Å². The van der Waals surface area contributed by atoms with Gasteiger partial charge in [-0.3, -0.25) is 20.2 Å². The summed E-state index contributed by atoms with van der Waals surface area (Å²) in [5.74, 6) is 0. The molecular formula is C14H8Br2ClN5O4S2. The van der Waals surface area contributed by atoms with Crippen molar-refractivity contribution < 1.29 is 9.85 Å². The molecule has 0 saturated carbocycles. The Morgan fingerprint density at radius 1 is 1.04 bits per heavy atom. The smallest absolute Gasteiger partial charge is 0.270 e. The third kappa shape index (κ3) is 6.04. The van der Waals surface area contributed by atoms with Gasteiger partial charge in [-0.05, 0) is 54.3 Å². The van der Waals surface area contributed by atoms with Gasteiger partial charge < -0.3 is 5.73 Å². The first-order valence-corrected chi connectivity index (χ1v) is 11.1. The lowest BCUT2D eigenvalue weighted by Gasteiger charge is -1.97. The van der Waals surface area contributed by atoms with E-state index in [1.165, 1.54) is 51.2 Å². The molecule has 0 spiro atoms. The van der Waals surface area contributed by atoms with Crippen LogP contribution in [0.25, 0.3) is 0 Å². The van der Waals surface area contributed by atoms with Gasteiger partial charge in [0.15, 0.2) is 9.82 Å². The summed E-state index contributed by atoms with van der Waals surface area (Å²) in [6.45, 7) is 0. The van der Waals surface area contributed by atoms with Gasteiger partial charge in [0.1, 0.15) is 0 Å². The van der Waals surface area contributed by atoms with Crippen molar-refractivity contribution in [3.63, 3.8) is 0 Å². The standard InChI is InChI=1S/C8H3BrClN3O2S2.C6H5BrN2O2/c9-5-3-4(13(14)15)1-2-6(5)11-8-7(10)12-17-16-8;7-5-3-4(9(10)11)1-2-6(5)8/h1-3H;1-3H,8H2. The van der Waals surface area contributed by atoms with E-state index in [4.69, 9.17) is 17.3 Å². The van der Waals surface area contributed by atoms with Gasteiger partial charge >= 0.3 is 0 Å². The molecule has 0 unspecified atom stereocenters. The molecule has 1 heterocycles. The lowest BCUT2D eigenvalue weighted by molar-refractivity contribution is -0.385. The minimum Gasteiger partial charge on any atom is -0.398 e. The number of nitrogens with zero attached hydrogens (tertiary/aromatic N) is 4. The molecule has 0 aliphatic heterocycles. The van der Waals surface area contributed by atoms with Crippen LogP contribution in [-0.4, -0.2) is 14.2 Å². The highest BCUT2D eigenvalue weighted by molar-refractivity contribution is 9.11. The number of aromatic nitrogens is 1.